The number of carbonyl (C=O) groups excluding carboxylic acids is 1. The number of nitrogens with zero attached hydrogens (tertiary/aromatic N) is 2. The molecular weight excluding hydrogens is 348 g/mol. The second-order valence-electron chi connectivity index (χ2n) is 5.63. The second kappa shape index (κ2) is 14.7. The van der Waals surface area contributed by atoms with Crippen LogP contribution in [-0.2, 0) is 7.05 Å². The molecule has 0 fully saturated rings. The van der Waals surface area contributed by atoms with E-state index >= 15 is 0 Å². The van der Waals surface area contributed by atoms with Gasteiger partial charge >= 0.3 is 0 Å². The molecule has 0 aliphatic carbocycles. The maximum absolute atomic E-state index is 12.9. The Labute approximate surface area is 172 Å². The van der Waals surface area contributed by atoms with Gasteiger partial charge in [0.2, 0.25) is 5.88 Å². The van der Waals surface area contributed by atoms with E-state index in [-0.39, 0.29) is 5.78 Å². The zero-order valence-electron chi connectivity index (χ0n) is 20.0. The molecule has 0 atom stereocenters. The summed E-state index contributed by atoms with van der Waals surface area (Å²) in [5.41, 5.74) is 5.33. The van der Waals surface area contributed by atoms with Crippen LogP contribution in [0.1, 0.15) is 89.5 Å². The summed E-state index contributed by atoms with van der Waals surface area (Å²) < 4.78 is 6.92. The monoisotopic (exact) mass is 388 g/mol. The van der Waals surface area contributed by atoms with Crippen LogP contribution in [0, 0.1) is 6.92 Å². The van der Waals surface area contributed by atoms with Gasteiger partial charge < -0.3 is 4.74 Å². The van der Waals surface area contributed by atoms with Crippen LogP contribution in [0.4, 0.5) is 0 Å². The Bertz CT molecular complexity index is 752. The summed E-state index contributed by atoms with van der Waals surface area (Å²) in [5.74, 6) is 0.428. The molecule has 0 saturated heterocycles. The summed E-state index contributed by atoms with van der Waals surface area (Å²) in [6.45, 7) is 20.0. The van der Waals surface area contributed by atoms with E-state index in [1.807, 2.05) is 72.7 Å². The Hall–Kier alpha value is -2.36. The molecule has 0 aliphatic heterocycles. The molecule has 0 aliphatic rings. The number of allylic oxidation sites excluding steroid dienone is 2. The predicted molar refractivity (Wildman–Crippen MR) is 122 cm³/mol. The number of hydrogen-bond donors (Lipinski definition) is 0. The molecule has 0 spiro atoms. The summed E-state index contributed by atoms with van der Waals surface area (Å²) in [5, 5.41) is 4.28. The SMILES string of the molecule is CC.CC.CC.COc1c(C(=O)c2cccc(C(C)=C(C)C)c2)c(C)nn1C. The highest BCUT2D eigenvalue weighted by Gasteiger charge is 2.22. The van der Waals surface area contributed by atoms with Gasteiger partial charge in [0, 0.05) is 12.6 Å². The molecule has 4 heteroatoms. The van der Waals surface area contributed by atoms with Crippen LogP contribution in [0.15, 0.2) is 29.8 Å². The Morgan fingerprint density at radius 1 is 0.964 bits per heavy atom. The fraction of sp³-hybridized carbons (Fsp3) is 0.500. The van der Waals surface area contributed by atoms with E-state index in [0.717, 1.165) is 5.56 Å². The average Bonchev–Trinajstić information content (AvgIpc) is 3.04. The Morgan fingerprint density at radius 3 is 1.93 bits per heavy atom. The van der Waals surface area contributed by atoms with E-state index < -0.39 is 0 Å². The van der Waals surface area contributed by atoms with E-state index in [2.05, 4.69) is 25.9 Å². The Morgan fingerprint density at radius 2 is 1.46 bits per heavy atom. The lowest BCUT2D eigenvalue weighted by molar-refractivity contribution is 0.103. The van der Waals surface area contributed by atoms with Crippen molar-refractivity contribution < 1.29 is 9.53 Å². The molecule has 0 saturated carbocycles. The molecular formula is C24H40N2O2. The molecule has 0 radical (unpaired) electrons. The highest BCUT2D eigenvalue weighted by molar-refractivity contribution is 6.11. The van der Waals surface area contributed by atoms with Crippen LogP contribution in [0.2, 0.25) is 0 Å². The summed E-state index contributed by atoms with van der Waals surface area (Å²) in [6, 6.07) is 7.69. The van der Waals surface area contributed by atoms with Crippen LogP contribution in [-0.4, -0.2) is 22.7 Å². The van der Waals surface area contributed by atoms with Crippen molar-refractivity contribution in [2.75, 3.05) is 7.11 Å². The van der Waals surface area contributed by atoms with Gasteiger partial charge in [-0.05, 0) is 44.9 Å². The minimum absolute atomic E-state index is 0.0640. The zero-order chi connectivity index (χ0) is 22.4. The Balaban J connectivity index is 0. The van der Waals surface area contributed by atoms with Crippen LogP contribution >= 0.6 is 0 Å². The van der Waals surface area contributed by atoms with Gasteiger partial charge in [-0.1, -0.05) is 65.3 Å². The molecule has 0 bridgehead atoms. The normalized spacial score (nSPS) is 8.86. The smallest absolute Gasteiger partial charge is 0.223 e. The van der Waals surface area contributed by atoms with Gasteiger partial charge in [0.25, 0.3) is 0 Å². The van der Waals surface area contributed by atoms with Crippen LogP contribution in [0.5, 0.6) is 5.88 Å². The molecule has 1 aromatic heterocycles. The molecule has 4 nitrogen and oxygen atoms in total. The highest BCUT2D eigenvalue weighted by atomic mass is 16.5. The van der Waals surface area contributed by atoms with Gasteiger partial charge in [0.1, 0.15) is 5.56 Å². The molecule has 158 valence electrons. The van der Waals surface area contributed by atoms with Crippen molar-refractivity contribution in [2.45, 2.75) is 69.2 Å². The van der Waals surface area contributed by atoms with Gasteiger partial charge in [-0.25, -0.2) is 4.68 Å². The number of benzene rings is 1. The summed E-state index contributed by atoms with van der Waals surface area (Å²) >= 11 is 0. The van der Waals surface area contributed by atoms with Crippen molar-refractivity contribution in [1.29, 1.82) is 0 Å². The molecule has 28 heavy (non-hydrogen) atoms. The van der Waals surface area contributed by atoms with E-state index in [4.69, 9.17) is 4.74 Å². The van der Waals surface area contributed by atoms with Crippen LogP contribution in [0.3, 0.4) is 0 Å². The first-order valence-corrected chi connectivity index (χ1v) is 10.2. The number of rotatable bonds is 4. The third kappa shape index (κ3) is 6.99. The standard InChI is InChI=1S/C18H22N2O2.3C2H6/c1-11(2)12(3)14-8-7-9-15(10-14)17(21)16-13(4)19-20(5)18(16)22-6;3*1-2/h7-10H,1-6H3;3*1-2H3. The van der Waals surface area contributed by atoms with Crippen molar-refractivity contribution in [3.8, 4) is 5.88 Å². The third-order valence-electron chi connectivity index (χ3n) is 3.90. The number of aryl methyl sites for hydroxylation is 2. The summed E-state index contributed by atoms with van der Waals surface area (Å²) in [4.78, 5) is 12.9. The number of methoxy groups -OCH3 is 1. The topological polar surface area (TPSA) is 44.1 Å². The van der Waals surface area contributed by atoms with Crippen molar-refractivity contribution >= 4 is 11.4 Å². The summed E-state index contributed by atoms with van der Waals surface area (Å²) in [6.07, 6.45) is 0. The van der Waals surface area contributed by atoms with Gasteiger partial charge in [0.05, 0.1) is 12.8 Å². The minimum Gasteiger partial charge on any atom is -0.481 e. The fourth-order valence-corrected chi connectivity index (χ4v) is 2.46. The quantitative estimate of drug-likeness (QED) is 0.537. The second-order valence-corrected chi connectivity index (χ2v) is 5.63. The van der Waals surface area contributed by atoms with Gasteiger partial charge in [-0.15, -0.1) is 0 Å². The lowest BCUT2D eigenvalue weighted by atomic mass is 9.97. The molecule has 2 aromatic rings. The van der Waals surface area contributed by atoms with Crippen molar-refractivity contribution in [2.24, 2.45) is 7.05 Å². The molecule has 1 aromatic carbocycles. The van der Waals surface area contributed by atoms with Crippen molar-refractivity contribution in [3.63, 3.8) is 0 Å². The first kappa shape index (κ1) is 27.9. The van der Waals surface area contributed by atoms with Crippen molar-refractivity contribution in [3.05, 3.63) is 52.2 Å². The van der Waals surface area contributed by atoms with Gasteiger partial charge in [-0.3, -0.25) is 4.79 Å². The maximum atomic E-state index is 12.9. The lowest BCUT2D eigenvalue weighted by Crippen LogP contribution is -2.05. The maximum Gasteiger partial charge on any atom is 0.223 e. The van der Waals surface area contributed by atoms with E-state index in [1.165, 1.54) is 11.1 Å². The van der Waals surface area contributed by atoms with Gasteiger partial charge in [0.15, 0.2) is 5.78 Å². The zero-order valence-corrected chi connectivity index (χ0v) is 20.0. The average molecular weight is 389 g/mol. The van der Waals surface area contributed by atoms with E-state index in [9.17, 15) is 4.79 Å². The predicted octanol–water partition coefficient (Wildman–Crippen LogP) is 6.86. The fourth-order valence-electron chi connectivity index (χ4n) is 2.46. The van der Waals surface area contributed by atoms with Crippen LogP contribution < -0.4 is 4.74 Å². The number of hydrogen-bond acceptors (Lipinski definition) is 3. The first-order chi connectivity index (χ1) is 13.4. The van der Waals surface area contributed by atoms with Crippen LogP contribution in [0.25, 0.3) is 5.57 Å². The number of carbonyl (C=O) groups is 1. The highest BCUT2D eigenvalue weighted by Crippen LogP contribution is 2.26. The lowest BCUT2D eigenvalue weighted by Gasteiger charge is -2.08. The number of ether oxygens (including phenoxy) is 1. The largest absolute Gasteiger partial charge is 0.481 e. The van der Waals surface area contributed by atoms with E-state index in [1.54, 1.807) is 18.8 Å². The molecule has 1 heterocycles. The van der Waals surface area contributed by atoms with E-state index in [0.29, 0.717) is 22.7 Å². The third-order valence-corrected chi connectivity index (χ3v) is 3.90. The Kier molecular flexibility index (Phi) is 14.6. The summed E-state index contributed by atoms with van der Waals surface area (Å²) in [7, 11) is 3.32. The molecule has 0 amide bonds. The van der Waals surface area contributed by atoms with Gasteiger partial charge in [-0.2, -0.15) is 5.10 Å². The molecule has 2 rings (SSSR count). The first-order valence-electron chi connectivity index (χ1n) is 10.2. The minimum atomic E-state index is -0.0640. The molecule has 0 N–H and O–H groups in total. The molecule has 0 unspecified atom stereocenters. The number of ketones is 1. The van der Waals surface area contributed by atoms with Crippen molar-refractivity contribution in [1.82, 2.24) is 9.78 Å². The number of aromatic nitrogens is 2.